The number of aromatic nitrogens is 3. The summed E-state index contributed by atoms with van der Waals surface area (Å²) in [6.45, 7) is 3.56. The van der Waals surface area contributed by atoms with Crippen molar-refractivity contribution in [1.29, 1.82) is 0 Å². The number of hydrogen-bond acceptors (Lipinski definition) is 6. The van der Waals surface area contributed by atoms with Gasteiger partial charge in [-0.2, -0.15) is 15.0 Å². The van der Waals surface area contributed by atoms with Crippen LogP contribution >= 0.6 is 11.6 Å². The van der Waals surface area contributed by atoms with E-state index >= 15 is 0 Å². The normalized spacial score (nSPS) is 11.7. The molecule has 0 saturated carbocycles. The zero-order chi connectivity index (χ0) is 22.5. The lowest BCUT2D eigenvalue weighted by Gasteiger charge is -2.22. The maximum absolute atomic E-state index is 12.8. The molecule has 0 fully saturated rings. The van der Waals surface area contributed by atoms with Gasteiger partial charge in [-0.05, 0) is 42.3 Å². The predicted octanol–water partition coefficient (Wildman–Crippen LogP) is 3.22. The lowest BCUT2D eigenvalue weighted by Crippen LogP contribution is -2.47. The number of benzene rings is 2. The van der Waals surface area contributed by atoms with Gasteiger partial charge in [-0.25, -0.2) is 0 Å². The van der Waals surface area contributed by atoms with Crippen LogP contribution in [0, 0.1) is 16.0 Å². The van der Waals surface area contributed by atoms with Gasteiger partial charge in [0.05, 0.1) is 23.0 Å². The molecule has 2 amide bonds. The Morgan fingerprint density at radius 1 is 1.10 bits per heavy atom. The molecule has 0 bridgehead atoms. The summed E-state index contributed by atoms with van der Waals surface area (Å²) in [6.07, 6.45) is 3.11. The fourth-order valence-electron chi connectivity index (χ4n) is 2.80. The molecule has 0 aliphatic carbocycles. The van der Waals surface area contributed by atoms with Crippen molar-refractivity contribution in [2.24, 2.45) is 5.92 Å². The third-order valence-corrected chi connectivity index (χ3v) is 4.74. The minimum Gasteiger partial charge on any atom is -0.340 e. The first-order chi connectivity index (χ1) is 14.8. The summed E-state index contributed by atoms with van der Waals surface area (Å²) in [5, 5.41) is 24.4. The number of nitro benzene ring substituents is 1. The molecule has 2 N–H and O–H groups in total. The highest BCUT2D eigenvalue weighted by atomic mass is 35.5. The fourth-order valence-corrected chi connectivity index (χ4v) is 2.99. The number of hydrogen-bond donors (Lipinski definition) is 2. The average Bonchev–Trinajstić information content (AvgIpc) is 3.27. The summed E-state index contributed by atoms with van der Waals surface area (Å²) in [7, 11) is 0. The van der Waals surface area contributed by atoms with Gasteiger partial charge in [-0.3, -0.25) is 19.7 Å². The van der Waals surface area contributed by atoms with E-state index in [1.807, 2.05) is 0 Å². The molecule has 10 nitrogen and oxygen atoms in total. The summed E-state index contributed by atoms with van der Waals surface area (Å²) in [6, 6.07) is 9.72. The van der Waals surface area contributed by atoms with Gasteiger partial charge >= 0.3 is 0 Å². The van der Waals surface area contributed by atoms with Crippen molar-refractivity contribution in [1.82, 2.24) is 20.3 Å². The molecule has 0 aliphatic heterocycles. The van der Waals surface area contributed by atoms with E-state index in [0.29, 0.717) is 5.69 Å². The number of nitrogens with zero attached hydrogens (tertiary/aromatic N) is 4. The molecule has 1 unspecified atom stereocenters. The Hall–Kier alpha value is -3.79. The number of carbonyl (C=O) groups is 2. The molecule has 160 valence electrons. The van der Waals surface area contributed by atoms with E-state index in [-0.39, 0.29) is 22.2 Å². The summed E-state index contributed by atoms with van der Waals surface area (Å²) in [4.78, 5) is 37.2. The van der Waals surface area contributed by atoms with E-state index < -0.39 is 22.8 Å². The van der Waals surface area contributed by atoms with Crippen LogP contribution in [0.25, 0.3) is 5.69 Å². The number of carbonyl (C=O) groups excluding carboxylic acids is 2. The third kappa shape index (κ3) is 5.23. The van der Waals surface area contributed by atoms with Crippen LogP contribution in [0.4, 0.5) is 11.4 Å². The SMILES string of the molecule is CC(C)C(NC(=O)c1ccc(Cl)c([N+](=O)[O-])c1)C(=O)Nc1ccc(-n2nccn2)cc1. The van der Waals surface area contributed by atoms with E-state index in [1.54, 1.807) is 50.5 Å². The fraction of sp³-hybridized carbons (Fsp3) is 0.200. The Morgan fingerprint density at radius 3 is 2.32 bits per heavy atom. The van der Waals surface area contributed by atoms with Crippen LogP contribution in [0.1, 0.15) is 24.2 Å². The molecule has 0 spiro atoms. The number of nitrogens with one attached hydrogen (secondary N) is 2. The Balaban J connectivity index is 1.71. The minimum absolute atomic E-state index is 0.0330. The van der Waals surface area contributed by atoms with Gasteiger partial charge < -0.3 is 10.6 Å². The molecule has 2 aromatic carbocycles. The summed E-state index contributed by atoms with van der Waals surface area (Å²) in [5.41, 5.74) is 0.904. The van der Waals surface area contributed by atoms with E-state index in [9.17, 15) is 19.7 Å². The van der Waals surface area contributed by atoms with Crippen molar-refractivity contribution >= 4 is 34.8 Å². The first-order valence-corrected chi connectivity index (χ1v) is 9.66. The van der Waals surface area contributed by atoms with Crippen LogP contribution in [-0.2, 0) is 4.79 Å². The first kappa shape index (κ1) is 21.9. The van der Waals surface area contributed by atoms with Crippen LogP contribution in [0.5, 0.6) is 0 Å². The molecule has 3 aromatic rings. The summed E-state index contributed by atoms with van der Waals surface area (Å²) >= 11 is 5.79. The van der Waals surface area contributed by atoms with Gasteiger partial charge in [0.25, 0.3) is 11.6 Å². The van der Waals surface area contributed by atoms with Crippen molar-refractivity contribution in [3.8, 4) is 5.69 Å². The zero-order valence-electron chi connectivity index (χ0n) is 16.7. The highest BCUT2D eigenvalue weighted by Gasteiger charge is 2.26. The Labute approximate surface area is 182 Å². The van der Waals surface area contributed by atoms with Crippen molar-refractivity contribution < 1.29 is 14.5 Å². The Kier molecular flexibility index (Phi) is 6.61. The third-order valence-electron chi connectivity index (χ3n) is 4.43. The van der Waals surface area contributed by atoms with Gasteiger partial charge in [0.2, 0.25) is 5.91 Å². The molecule has 0 radical (unpaired) electrons. The number of rotatable bonds is 7. The largest absolute Gasteiger partial charge is 0.340 e. The molecular formula is C20H19ClN6O4. The second-order valence-electron chi connectivity index (χ2n) is 6.97. The second kappa shape index (κ2) is 9.35. The van der Waals surface area contributed by atoms with Gasteiger partial charge in [-0.1, -0.05) is 25.4 Å². The van der Waals surface area contributed by atoms with Crippen LogP contribution in [0.2, 0.25) is 5.02 Å². The van der Waals surface area contributed by atoms with E-state index in [1.165, 1.54) is 16.9 Å². The summed E-state index contributed by atoms with van der Waals surface area (Å²) < 4.78 is 0. The Bertz CT molecular complexity index is 1100. The van der Waals surface area contributed by atoms with E-state index in [2.05, 4.69) is 20.8 Å². The quantitative estimate of drug-likeness (QED) is 0.426. The van der Waals surface area contributed by atoms with E-state index in [0.717, 1.165) is 11.8 Å². The summed E-state index contributed by atoms with van der Waals surface area (Å²) in [5.74, 6) is -1.27. The zero-order valence-corrected chi connectivity index (χ0v) is 17.4. The maximum Gasteiger partial charge on any atom is 0.288 e. The van der Waals surface area contributed by atoms with Gasteiger partial charge in [0, 0.05) is 17.3 Å². The van der Waals surface area contributed by atoms with E-state index in [4.69, 9.17) is 11.6 Å². The van der Waals surface area contributed by atoms with Crippen molar-refractivity contribution in [3.63, 3.8) is 0 Å². The predicted molar refractivity (Wildman–Crippen MR) is 114 cm³/mol. The highest BCUT2D eigenvalue weighted by Crippen LogP contribution is 2.25. The van der Waals surface area contributed by atoms with Crippen LogP contribution < -0.4 is 10.6 Å². The van der Waals surface area contributed by atoms with Crippen molar-refractivity contribution in [2.75, 3.05) is 5.32 Å². The topological polar surface area (TPSA) is 132 Å². The lowest BCUT2D eigenvalue weighted by atomic mass is 10.0. The number of amides is 2. The minimum atomic E-state index is -0.866. The van der Waals surface area contributed by atoms with Gasteiger partial charge in [-0.15, -0.1) is 0 Å². The highest BCUT2D eigenvalue weighted by molar-refractivity contribution is 6.32. The molecule has 31 heavy (non-hydrogen) atoms. The molecule has 1 aromatic heterocycles. The molecule has 1 heterocycles. The average molecular weight is 443 g/mol. The number of nitro groups is 1. The number of anilines is 1. The van der Waals surface area contributed by atoms with Crippen molar-refractivity contribution in [2.45, 2.75) is 19.9 Å². The van der Waals surface area contributed by atoms with Crippen LogP contribution in [0.15, 0.2) is 54.9 Å². The molecule has 0 saturated heterocycles. The molecule has 1 atom stereocenters. The van der Waals surface area contributed by atoms with Crippen LogP contribution in [-0.4, -0.2) is 37.8 Å². The molecule has 3 rings (SSSR count). The molecule has 0 aliphatic rings. The van der Waals surface area contributed by atoms with Gasteiger partial charge in [0.15, 0.2) is 0 Å². The standard InChI is InChI=1S/C20H19ClN6O4/c1-12(2)18(25-19(28)13-3-8-16(21)17(11-13)27(30)31)20(29)24-14-4-6-15(7-5-14)26-22-9-10-23-26/h3-12,18H,1-2H3,(H,24,29)(H,25,28). The number of halogens is 1. The Morgan fingerprint density at radius 2 is 1.74 bits per heavy atom. The van der Waals surface area contributed by atoms with Crippen molar-refractivity contribution in [3.05, 3.63) is 75.6 Å². The lowest BCUT2D eigenvalue weighted by molar-refractivity contribution is -0.384. The smallest absolute Gasteiger partial charge is 0.288 e. The second-order valence-corrected chi connectivity index (χ2v) is 7.38. The first-order valence-electron chi connectivity index (χ1n) is 9.28. The molecular weight excluding hydrogens is 424 g/mol. The maximum atomic E-state index is 12.8. The van der Waals surface area contributed by atoms with Crippen LogP contribution in [0.3, 0.4) is 0 Å². The monoisotopic (exact) mass is 442 g/mol. The molecule has 11 heteroatoms. The van der Waals surface area contributed by atoms with Gasteiger partial charge in [0.1, 0.15) is 11.1 Å².